The second kappa shape index (κ2) is 10.4. The molecule has 0 fully saturated rings. The zero-order chi connectivity index (χ0) is 21.8. The van der Waals surface area contributed by atoms with Crippen LogP contribution in [0.2, 0.25) is 30.8 Å². The topological polar surface area (TPSA) is 6.48 Å². The molecular formula is C23H54N2Si2. The van der Waals surface area contributed by atoms with Crippen LogP contribution in [-0.2, 0) is 0 Å². The molecule has 4 unspecified atom stereocenters. The lowest BCUT2D eigenvalue weighted by Crippen LogP contribution is -2.73. The van der Waals surface area contributed by atoms with Gasteiger partial charge in [0.1, 0.15) is 16.5 Å². The molecule has 2 nitrogen and oxygen atoms in total. The lowest BCUT2D eigenvalue weighted by Gasteiger charge is -2.61. The summed E-state index contributed by atoms with van der Waals surface area (Å²) in [6, 6.07) is 2.69. The van der Waals surface area contributed by atoms with Gasteiger partial charge in [0.25, 0.3) is 0 Å². The summed E-state index contributed by atoms with van der Waals surface area (Å²) >= 11 is 0. The summed E-state index contributed by atoms with van der Waals surface area (Å²) in [6.45, 7) is 35.3. The van der Waals surface area contributed by atoms with Crippen molar-refractivity contribution in [3.05, 3.63) is 0 Å². The van der Waals surface area contributed by atoms with Crippen LogP contribution in [0.1, 0.15) is 94.9 Å². The first-order valence-electron chi connectivity index (χ1n) is 11.8. The van der Waals surface area contributed by atoms with E-state index >= 15 is 0 Å². The van der Waals surface area contributed by atoms with Crippen LogP contribution >= 0.6 is 0 Å². The Morgan fingerprint density at radius 1 is 0.556 bits per heavy atom. The summed E-state index contributed by atoms with van der Waals surface area (Å²) in [5.41, 5.74) is 0. The molecule has 164 valence electrons. The van der Waals surface area contributed by atoms with Gasteiger partial charge in [0, 0.05) is 24.2 Å². The zero-order valence-electron chi connectivity index (χ0n) is 21.5. The summed E-state index contributed by atoms with van der Waals surface area (Å²) in [4.78, 5) is 0. The van der Waals surface area contributed by atoms with Crippen LogP contribution in [0, 0.1) is 0 Å². The third-order valence-electron chi connectivity index (χ3n) is 8.61. The quantitative estimate of drug-likeness (QED) is 0.305. The third-order valence-corrected chi connectivity index (χ3v) is 22.7. The lowest BCUT2D eigenvalue weighted by molar-refractivity contribution is 0.231. The van der Waals surface area contributed by atoms with E-state index in [0.29, 0.717) is 28.8 Å². The van der Waals surface area contributed by atoms with Gasteiger partial charge < -0.3 is 9.13 Å². The standard InChI is InChI=1S/C23H54N2Si2/c1-15-19(5)24(20(6)16-2)26(11,12)23(9,10)27(13,14)25(21(7)17-3)22(8)18-4/h19-22H,15-18H2,1-14H3. The second-order valence-corrected chi connectivity index (χ2v) is 20.9. The van der Waals surface area contributed by atoms with E-state index in [1.54, 1.807) is 0 Å². The van der Waals surface area contributed by atoms with Gasteiger partial charge in [-0.2, -0.15) is 0 Å². The first-order valence-corrected chi connectivity index (χ1v) is 17.6. The highest BCUT2D eigenvalue weighted by molar-refractivity contribution is 6.97. The van der Waals surface area contributed by atoms with Gasteiger partial charge in [0.15, 0.2) is 0 Å². The summed E-state index contributed by atoms with van der Waals surface area (Å²) < 4.78 is 6.38. The molecule has 0 saturated carbocycles. The molecule has 27 heavy (non-hydrogen) atoms. The first-order chi connectivity index (χ1) is 12.2. The molecule has 0 radical (unpaired) electrons. The highest BCUT2D eigenvalue weighted by atomic mass is 28.4. The maximum atomic E-state index is 2.99. The maximum absolute atomic E-state index is 2.99. The van der Waals surface area contributed by atoms with Crippen molar-refractivity contribution in [1.29, 1.82) is 0 Å². The highest BCUT2D eigenvalue weighted by Gasteiger charge is 2.58. The molecule has 0 aliphatic heterocycles. The molecule has 0 spiro atoms. The average molecular weight is 415 g/mol. The van der Waals surface area contributed by atoms with E-state index in [9.17, 15) is 0 Å². The maximum Gasteiger partial charge on any atom is 0.127 e. The molecule has 0 aromatic carbocycles. The van der Waals surface area contributed by atoms with E-state index in [-0.39, 0.29) is 0 Å². The Morgan fingerprint density at radius 2 is 0.741 bits per heavy atom. The monoisotopic (exact) mass is 414 g/mol. The Labute approximate surface area is 175 Å². The van der Waals surface area contributed by atoms with Gasteiger partial charge in [-0.15, -0.1) is 0 Å². The van der Waals surface area contributed by atoms with E-state index in [2.05, 4.69) is 105 Å². The van der Waals surface area contributed by atoms with Crippen molar-refractivity contribution in [3.63, 3.8) is 0 Å². The first kappa shape index (κ1) is 27.4. The van der Waals surface area contributed by atoms with Crippen molar-refractivity contribution in [2.24, 2.45) is 0 Å². The van der Waals surface area contributed by atoms with Gasteiger partial charge >= 0.3 is 0 Å². The van der Waals surface area contributed by atoms with Crippen molar-refractivity contribution in [2.45, 2.75) is 150 Å². The fourth-order valence-electron chi connectivity index (χ4n) is 5.25. The van der Waals surface area contributed by atoms with Gasteiger partial charge in [-0.3, -0.25) is 0 Å². The van der Waals surface area contributed by atoms with E-state index in [1.807, 2.05) is 0 Å². The zero-order valence-corrected chi connectivity index (χ0v) is 23.5. The van der Waals surface area contributed by atoms with Gasteiger partial charge in [0.05, 0.1) is 0 Å². The van der Waals surface area contributed by atoms with Crippen LogP contribution in [0.15, 0.2) is 0 Å². The number of hydrogen-bond acceptors (Lipinski definition) is 2. The fraction of sp³-hybridized carbons (Fsp3) is 1.00. The van der Waals surface area contributed by atoms with Crippen molar-refractivity contribution in [1.82, 2.24) is 9.13 Å². The Morgan fingerprint density at radius 3 is 0.889 bits per heavy atom. The predicted molar refractivity (Wildman–Crippen MR) is 132 cm³/mol. The summed E-state index contributed by atoms with van der Waals surface area (Å²) in [5.74, 6) is 0. The Kier molecular flexibility index (Phi) is 10.5. The van der Waals surface area contributed by atoms with Crippen LogP contribution in [0.25, 0.3) is 0 Å². The van der Waals surface area contributed by atoms with Crippen molar-refractivity contribution < 1.29 is 0 Å². The largest absolute Gasteiger partial charge is 0.319 e. The van der Waals surface area contributed by atoms with Crippen LogP contribution in [0.5, 0.6) is 0 Å². The number of nitrogens with zero attached hydrogens (tertiary/aromatic N) is 2. The van der Waals surface area contributed by atoms with Crippen LogP contribution in [-0.4, -0.2) is 49.8 Å². The van der Waals surface area contributed by atoms with Crippen LogP contribution in [0.3, 0.4) is 0 Å². The molecule has 0 heterocycles. The fourth-order valence-corrected chi connectivity index (χ4v) is 18.4. The van der Waals surface area contributed by atoms with Crippen LogP contribution < -0.4 is 0 Å². The van der Waals surface area contributed by atoms with E-state index in [1.165, 1.54) is 25.7 Å². The van der Waals surface area contributed by atoms with Gasteiger partial charge in [-0.25, -0.2) is 0 Å². The molecule has 4 atom stereocenters. The molecule has 0 aromatic rings. The third kappa shape index (κ3) is 5.29. The van der Waals surface area contributed by atoms with E-state index < -0.39 is 16.5 Å². The molecule has 0 aliphatic carbocycles. The van der Waals surface area contributed by atoms with E-state index in [4.69, 9.17) is 0 Å². The number of hydrogen-bond donors (Lipinski definition) is 0. The highest BCUT2D eigenvalue weighted by Crippen LogP contribution is 2.51. The molecule has 0 aliphatic rings. The Hall–Kier alpha value is 0.354. The summed E-state index contributed by atoms with van der Waals surface area (Å²) in [6.07, 6.45) is 5.00. The minimum atomic E-state index is -1.69. The average Bonchev–Trinajstić information content (AvgIpc) is 2.60. The van der Waals surface area contributed by atoms with Gasteiger partial charge in [-0.05, 0) is 30.3 Å². The van der Waals surface area contributed by atoms with Crippen molar-refractivity contribution in [2.75, 3.05) is 0 Å². The molecule has 0 N–H and O–H groups in total. The minimum absolute atomic E-state index is 0.389. The molecule has 0 aromatic heterocycles. The SMILES string of the molecule is CCC(C)N(C(C)CC)[Si](C)(C)C(C)(C)[Si](C)(C)N(C(C)CC)C(C)CC. The molecular weight excluding hydrogens is 360 g/mol. The minimum Gasteiger partial charge on any atom is -0.319 e. The van der Waals surface area contributed by atoms with E-state index in [0.717, 1.165) is 0 Å². The molecule has 4 heteroatoms. The van der Waals surface area contributed by atoms with Crippen molar-refractivity contribution >= 4 is 16.5 Å². The van der Waals surface area contributed by atoms with Crippen molar-refractivity contribution in [3.8, 4) is 0 Å². The smallest absolute Gasteiger partial charge is 0.127 e. The van der Waals surface area contributed by atoms with Gasteiger partial charge in [0.2, 0.25) is 0 Å². The molecule has 0 bridgehead atoms. The summed E-state index contributed by atoms with van der Waals surface area (Å²) in [7, 11) is -3.38. The van der Waals surface area contributed by atoms with Crippen LogP contribution in [0.4, 0.5) is 0 Å². The predicted octanol–water partition coefficient (Wildman–Crippen LogP) is 7.51. The Balaban J connectivity index is 6.34. The second-order valence-electron chi connectivity index (χ2n) is 10.6. The summed E-state index contributed by atoms with van der Waals surface area (Å²) in [5, 5.41) is 0. The lowest BCUT2D eigenvalue weighted by atomic mass is 10.2. The normalized spacial score (nSPS) is 18.7. The number of rotatable bonds is 12. The van der Waals surface area contributed by atoms with Gasteiger partial charge in [-0.1, -0.05) is 95.4 Å². The molecule has 0 rings (SSSR count). The molecule has 0 amide bonds. The molecule has 0 saturated heterocycles. The Bertz CT molecular complexity index is 376.